The Morgan fingerprint density at radius 2 is 1.75 bits per heavy atom. The molecular weight excluding hydrogens is 352 g/mol. The molecule has 2 N–H and O–H groups in total. The number of rotatable bonds is 8. The van der Waals surface area contributed by atoms with Crippen molar-refractivity contribution in [3.05, 3.63) is 59.7 Å². The predicted octanol–water partition coefficient (Wildman–Crippen LogP) is 4.39. The molecular formula is C23H30N2O3. The summed E-state index contributed by atoms with van der Waals surface area (Å²) in [6, 6.07) is 14.6. The molecule has 5 heteroatoms. The van der Waals surface area contributed by atoms with Crippen molar-refractivity contribution < 1.29 is 14.3 Å². The maximum atomic E-state index is 12.9. The minimum Gasteiger partial charge on any atom is -0.493 e. The summed E-state index contributed by atoms with van der Waals surface area (Å²) in [5.41, 5.74) is 1.27. The highest BCUT2D eigenvalue weighted by molar-refractivity contribution is 6.00. The minimum atomic E-state index is -0.738. The van der Waals surface area contributed by atoms with Crippen LogP contribution in [0.4, 0.5) is 5.69 Å². The van der Waals surface area contributed by atoms with Gasteiger partial charge in [0, 0.05) is 17.8 Å². The molecule has 0 radical (unpaired) electrons. The fraction of sp³-hybridized carbons (Fsp3) is 0.391. The number of carbonyl (C=O) groups is 2. The van der Waals surface area contributed by atoms with Crippen LogP contribution in [0.15, 0.2) is 48.5 Å². The van der Waals surface area contributed by atoms with E-state index in [1.54, 1.807) is 24.3 Å². The van der Waals surface area contributed by atoms with Gasteiger partial charge >= 0.3 is 0 Å². The largest absolute Gasteiger partial charge is 0.493 e. The van der Waals surface area contributed by atoms with E-state index < -0.39 is 5.41 Å². The van der Waals surface area contributed by atoms with E-state index in [1.165, 1.54) is 0 Å². The van der Waals surface area contributed by atoms with Crippen molar-refractivity contribution in [1.82, 2.24) is 5.32 Å². The third kappa shape index (κ3) is 5.59. The van der Waals surface area contributed by atoms with E-state index >= 15 is 0 Å². The second-order valence-corrected chi connectivity index (χ2v) is 7.75. The number of ether oxygens (including phenoxy) is 1. The third-order valence-corrected chi connectivity index (χ3v) is 4.45. The van der Waals surface area contributed by atoms with E-state index in [0.29, 0.717) is 30.3 Å². The molecule has 2 amide bonds. The first-order chi connectivity index (χ1) is 13.2. The first-order valence-corrected chi connectivity index (χ1v) is 9.67. The van der Waals surface area contributed by atoms with Crippen LogP contribution in [-0.2, 0) is 10.2 Å². The van der Waals surface area contributed by atoms with Crippen LogP contribution in [0.2, 0.25) is 0 Å². The van der Waals surface area contributed by atoms with Gasteiger partial charge in [0.2, 0.25) is 5.91 Å². The normalized spacial score (nSPS) is 11.2. The third-order valence-electron chi connectivity index (χ3n) is 4.45. The van der Waals surface area contributed by atoms with Gasteiger partial charge in [0.05, 0.1) is 12.0 Å². The molecule has 0 unspecified atom stereocenters. The van der Waals surface area contributed by atoms with Crippen LogP contribution in [0.5, 0.6) is 5.75 Å². The zero-order chi connectivity index (χ0) is 20.7. The summed E-state index contributed by atoms with van der Waals surface area (Å²) >= 11 is 0. The second-order valence-electron chi connectivity index (χ2n) is 7.75. The molecule has 0 aliphatic rings. The zero-order valence-corrected chi connectivity index (χ0v) is 17.3. The molecule has 0 heterocycles. The van der Waals surface area contributed by atoms with Crippen LogP contribution in [0.1, 0.15) is 50.5 Å². The summed E-state index contributed by atoms with van der Waals surface area (Å²) < 4.78 is 5.71. The maximum Gasteiger partial charge on any atom is 0.251 e. The van der Waals surface area contributed by atoms with Crippen molar-refractivity contribution in [3.63, 3.8) is 0 Å². The molecule has 0 saturated heterocycles. The zero-order valence-electron chi connectivity index (χ0n) is 17.3. The van der Waals surface area contributed by atoms with E-state index in [1.807, 2.05) is 45.0 Å². The first-order valence-electron chi connectivity index (χ1n) is 9.67. The molecule has 2 rings (SSSR count). The van der Waals surface area contributed by atoms with Gasteiger partial charge in [0.15, 0.2) is 0 Å². The monoisotopic (exact) mass is 382 g/mol. The number of hydrogen-bond acceptors (Lipinski definition) is 3. The fourth-order valence-electron chi connectivity index (χ4n) is 2.65. The molecule has 2 aromatic carbocycles. The Labute approximate surface area is 167 Å². The summed E-state index contributed by atoms with van der Waals surface area (Å²) in [5, 5.41) is 5.68. The molecule has 150 valence electrons. The Bertz CT molecular complexity index is 811. The Morgan fingerprint density at radius 3 is 2.36 bits per heavy atom. The molecule has 0 fully saturated rings. The average molecular weight is 383 g/mol. The van der Waals surface area contributed by atoms with E-state index in [-0.39, 0.29) is 11.8 Å². The van der Waals surface area contributed by atoms with Crippen molar-refractivity contribution in [2.45, 2.75) is 40.0 Å². The van der Waals surface area contributed by atoms with Crippen molar-refractivity contribution >= 4 is 17.5 Å². The predicted molar refractivity (Wildman–Crippen MR) is 113 cm³/mol. The van der Waals surface area contributed by atoms with Gasteiger partial charge in [-0.3, -0.25) is 9.59 Å². The summed E-state index contributed by atoms with van der Waals surface area (Å²) in [6.07, 6.45) is 0. The number of anilines is 1. The van der Waals surface area contributed by atoms with E-state index in [4.69, 9.17) is 4.74 Å². The van der Waals surface area contributed by atoms with Gasteiger partial charge in [-0.05, 0) is 62.6 Å². The van der Waals surface area contributed by atoms with Crippen molar-refractivity contribution in [1.29, 1.82) is 0 Å². The molecule has 0 atom stereocenters. The second kappa shape index (κ2) is 9.40. The Kier molecular flexibility index (Phi) is 7.21. The first kappa shape index (κ1) is 21.5. The molecule has 0 spiro atoms. The minimum absolute atomic E-state index is 0.142. The summed E-state index contributed by atoms with van der Waals surface area (Å²) in [5.74, 6) is 0.951. The number of benzene rings is 2. The van der Waals surface area contributed by atoms with Crippen molar-refractivity contribution in [2.75, 3.05) is 18.5 Å². The quantitative estimate of drug-likeness (QED) is 0.712. The lowest BCUT2D eigenvalue weighted by Crippen LogP contribution is -2.34. The van der Waals surface area contributed by atoms with Gasteiger partial charge in [-0.15, -0.1) is 0 Å². The highest BCUT2D eigenvalue weighted by Gasteiger charge is 2.30. The van der Waals surface area contributed by atoms with E-state index in [0.717, 1.165) is 11.3 Å². The Balaban J connectivity index is 2.10. The lowest BCUT2D eigenvalue weighted by molar-refractivity contribution is -0.120. The molecule has 0 aromatic heterocycles. The molecule has 0 saturated carbocycles. The molecule has 28 heavy (non-hydrogen) atoms. The van der Waals surface area contributed by atoms with Crippen LogP contribution in [-0.4, -0.2) is 25.0 Å². The van der Waals surface area contributed by atoms with Crippen molar-refractivity contribution in [3.8, 4) is 5.75 Å². The van der Waals surface area contributed by atoms with Gasteiger partial charge in [-0.1, -0.05) is 32.0 Å². The molecule has 0 aliphatic heterocycles. The summed E-state index contributed by atoms with van der Waals surface area (Å²) in [4.78, 5) is 24.9. The number of carbonyl (C=O) groups excluding carboxylic acids is 2. The van der Waals surface area contributed by atoms with Crippen LogP contribution in [0, 0.1) is 5.92 Å². The topological polar surface area (TPSA) is 67.4 Å². The van der Waals surface area contributed by atoms with Crippen LogP contribution in [0.3, 0.4) is 0 Å². The molecule has 0 bridgehead atoms. The molecule has 2 aromatic rings. The highest BCUT2D eigenvalue weighted by atomic mass is 16.5. The lowest BCUT2D eigenvalue weighted by atomic mass is 9.83. The summed E-state index contributed by atoms with van der Waals surface area (Å²) in [6.45, 7) is 11.0. The van der Waals surface area contributed by atoms with Gasteiger partial charge in [0.25, 0.3) is 5.91 Å². The number of nitrogens with one attached hydrogen (secondary N) is 2. The van der Waals surface area contributed by atoms with Gasteiger partial charge < -0.3 is 15.4 Å². The van der Waals surface area contributed by atoms with Gasteiger partial charge in [-0.2, -0.15) is 0 Å². The van der Waals surface area contributed by atoms with Crippen LogP contribution in [0.25, 0.3) is 0 Å². The fourth-order valence-corrected chi connectivity index (χ4v) is 2.65. The number of amides is 2. The van der Waals surface area contributed by atoms with Gasteiger partial charge in [-0.25, -0.2) is 0 Å². The van der Waals surface area contributed by atoms with Gasteiger partial charge in [0.1, 0.15) is 5.75 Å². The Morgan fingerprint density at radius 1 is 1.07 bits per heavy atom. The van der Waals surface area contributed by atoms with Crippen LogP contribution >= 0.6 is 0 Å². The maximum absolute atomic E-state index is 12.9. The van der Waals surface area contributed by atoms with E-state index in [9.17, 15) is 9.59 Å². The average Bonchev–Trinajstić information content (AvgIpc) is 2.67. The molecule has 0 aliphatic carbocycles. The standard InChI is InChI=1S/C23H30N2O3/c1-6-24-21(26)17-8-7-9-19(14-17)25-22(27)23(4,5)18-10-12-20(13-11-18)28-15-16(2)3/h7-14,16H,6,15H2,1-5H3,(H,24,26)(H,25,27). The van der Waals surface area contributed by atoms with Crippen LogP contribution < -0.4 is 15.4 Å². The molecule has 5 nitrogen and oxygen atoms in total. The highest BCUT2D eigenvalue weighted by Crippen LogP contribution is 2.27. The lowest BCUT2D eigenvalue weighted by Gasteiger charge is -2.24. The number of hydrogen-bond donors (Lipinski definition) is 2. The summed E-state index contributed by atoms with van der Waals surface area (Å²) in [7, 11) is 0. The van der Waals surface area contributed by atoms with Crippen molar-refractivity contribution in [2.24, 2.45) is 5.92 Å². The SMILES string of the molecule is CCNC(=O)c1cccc(NC(=O)C(C)(C)c2ccc(OCC(C)C)cc2)c1. The smallest absolute Gasteiger partial charge is 0.251 e. The van der Waals surface area contributed by atoms with E-state index in [2.05, 4.69) is 24.5 Å². The Hall–Kier alpha value is -2.82.